The Morgan fingerprint density at radius 1 is 1.26 bits per heavy atom. The minimum Gasteiger partial charge on any atom is -0.386 e. The third-order valence-corrected chi connectivity index (χ3v) is 4.97. The molecule has 1 aliphatic heterocycles. The zero-order chi connectivity index (χ0) is 20.1. The van der Waals surface area contributed by atoms with Crippen molar-refractivity contribution < 1.29 is 35.8 Å². The van der Waals surface area contributed by atoms with Crippen molar-refractivity contribution >= 4 is 5.69 Å². The van der Waals surface area contributed by atoms with E-state index in [1.165, 1.54) is 6.07 Å². The Bertz CT molecular complexity index is 812. The fourth-order valence-electron chi connectivity index (χ4n) is 3.68. The fraction of sp³-hybridized carbons (Fsp3) is 0.471. The van der Waals surface area contributed by atoms with Gasteiger partial charge in [-0.25, -0.2) is 17.6 Å². The van der Waals surface area contributed by atoms with Crippen molar-refractivity contribution in [3.05, 3.63) is 41.1 Å². The lowest BCUT2D eigenvalue weighted by molar-refractivity contribution is -0.166. The lowest BCUT2D eigenvalue weighted by atomic mass is 9.77. The Labute approximate surface area is 149 Å². The highest BCUT2D eigenvalue weighted by Gasteiger charge is 2.59. The Balaban J connectivity index is 2.08. The van der Waals surface area contributed by atoms with Crippen molar-refractivity contribution in [1.82, 2.24) is 0 Å². The van der Waals surface area contributed by atoms with Crippen LogP contribution < -0.4 is 4.90 Å². The molecule has 1 aromatic carbocycles. The molecule has 3 rings (SSSR count). The van der Waals surface area contributed by atoms with E-state index in [1.54, 1.807) is 6.07 Å². The van der Waals surface area contributed by atoms with Crippen LogP contribution >= 0.6 is 0 Å². The average Bonchev–Trinajstić information content (AvgIpc) is 2.98. The number of nitriles is 1. The molecule has 1 aromatic rings. The quantitative estimate of drug-likeness (QED) is 0.750. The van der Waals surface area contributed by atoms with Gasteiger partial charge in [0.05, 0.1) is 17.2 Å². The first kappa shape index (κ1) is 19.5. The highest BCUT2D eigenvalue weighted by Crippen LogP contribution is 2.51. The minimum absolute atomic E-state index is 0.0871. The van der Waals surface area contributed by atoms with Crippen molar-refractivity contribution in [2.75, 3.05) is 4.90 Å². The molecule has 2 unspecified atom stereocenters. The van der Waals surface area contributed by atoms with Gasteiger partial charge in [-0.1, -0.05) is 0 Å². The Morgan fingerprint density at radius 3 is 2.48 bits per heavy atom. The van der Waals surface area contributed by atoms with Crippen molar-refractivity contribution in [2.45, 2.75) is 43.5 Å². The van der Waals surface area contributed by atoms with Crippen molar-refractivity contribution in [3.63, 3.8) is 0 Å². The van der Waals surface area contributed by atoms with E-state index in [0.717, 1.165) is 17.0 Å². The average molecular weight is 394 g/mol. The summed E-state index contributed by atoms with van der Waals surface area (Å²) in [6, 6.07) is 3.50. The van der Waals surface area contributed by atoms with Crippen LogP contribution in [0.4, 0.5) is 36.4 Å². The van der Waals surface area contributed by atoms with E-state index >= 15 is 0 Å². The highest BCUT2D eigenvalue weighted by molar-refractivity contribution is 5.59. The van der Waals surface area contributed by atoms with Crippen molar-refractivity contribution in [2.24, 2.45) is 5.92 Å². The van der Waals surface area contributed by atoms with Gasteiger partial charge in [0.2, 0.25) is 0 Å². The second-order valence-corrected chi connectivity index (χ2v) is 6.51. The van der Waals surface area contributed by atoms with Crippen LogP contribution in [-0.4, -0.2) is 29.4 Å². The highest BCUT2D eigenvalue weighted by atomic mass is 19.4. The Kier molecular flexibility index (Phi) is 4.62. The second-order valence-electron chi connectivity index (χ2n) is 6.51. The number of aliphatic hydroxyl groups excluding tert-OH is 1. The molecular weight excluding hydrogens is 381 g/mol. The summed E-state index contributed by atoms with van der Waals surface area (Å²) >= 11 is 0. The number of halogens is 7. The van der Waals surface area contributed by atoms with Gasteiger partial charge in [0, 0.05) is 35.8 Å². The molecule has 0 bridgehead atoms. The number of hydrogen-bond acceptors (Lipinski definition) is 3. The third-order valence-electron chi connectivity index (χ3n) is 4.97. The summed E-state index contributed by atoms with van der Waals surface area (Å²) in [5.74, 6) is -5.58. The molecule has 1 saturated carbocycles. The summed E-state index contributed by atoms with van der Waals surface area (Å²) in [6.45, 7) is 0. The Hall–Kier alpha value is -2.28. The van der Waals surface area contributed by atoms with E-state index in [2.05, 4.69) is 0 Å². The standard InChI is InChI=1S/C17H13F7N2O/c18-15(19)10-5-9(2-1-8(10)6-25)26-7-11(17(22,23)24)13-12(26)3-4-16(20,21)14(13)27/h1-2,5,7,12-15,27H,3-4H2/t12?,13?,14-/m0/s1. The number of nitrogens with zero attached hydrogens (tertiary/aromatic N) is 2. The number of benzene rings is 1. The predicted molar refractivity (Wildman–Crippen MR) is 80.2 cm³/mol. The van der Waals surface area contributed by atoms with Crippen LogP contribution in [0.15, 0.2) is 30.0 Å². The van der Waals surface area contributed by atoms with E-state index in [-0.39, 0.29) is 17.7 Å². The molecule has 3 atom stereocenters. The molecule has 2 aliphatic rings. The first-order valence-corrected chi connectivity index (χ1v) is 7.92. The maximum absolute atomic E-state index is 13.8. The number of rotatable bonds is 2. The Morgan fingerprint density at radius 2 is 1.93 bits per heavy atom. The van der Waals surface area contributed by atoms with Gasteiger partial charge in [-0.2, -0.15) is 18.4 Å². The minimum atomic E-state index is -4.97. The molecule has 0 spiro atoms. The molecule has 1 heterocycles. The molecule has 0 saturated heterocycles. The number of aliphatic hydroxyl groups is 1. The molecule has 1 fully saturated rings. The molecule has 0 radical (unpaired) electrons. The van der Waals surface area contributed by atoms with Crippen molar-refractivity contribution in [3.8, 4) is 6.07 Å². The molecule has 1 aliphatic carbocycles. The van der Waals surface area contributed by atoms with Gasteiger partial charge in [-0.05, 0) is 24.6 Å². The van der Waals surface area contributed by atoms with Crippen LogP contribution in [-0.2, 0) is 0 Å². The molecule has 10 heteroatoms. The van der Waals surface area contributed by atoms with E-state index in [1.807, 2.05) is 0 Å². The zero-order valence-electron chi connectivity index (χ0n) is 13.5. The maximum atomic E-state index is 13.8. The SMILES string of the molecule is N#Cc1ccc(N2C=C(C(F)(F)F)C3C2CCC(F)(F)[C@H]3O)cc1C(F)F. The van der Waals surface area contributed by atoms with Gasteiger partial charge in [-0.3, -0.25) is 0 Å². The normalized spacial score (nSPS) is 27.3. The van der Waals surface area contributed by atoms with Crippen molar-refractivity contribution in [1.29, 1.82) is 5.26 Å². The summed E-state index contributed by atoms with van der Waals surface area (Å²) in [5.41, 5.74) is -2.42. The summed E-state index contributed by atoms with van der Waals surface area (Å²) in [7, 11) is 0. The van der Waals surface area contributed by atoms with Crippen LogP contribution in [0.25, 0.3) is 0 Å². The van der Waals surface area contributed by atoms with Gasteiger partial charge < -0.3 is 10.0 Å². The summed E-state index contributed by atoms with van der Waals surface area (Å²) < 4.78 is 93.9. The molecule has 3 nitrogen and oxygen atoms in total. The van der Waals surface area contributed by atoms with Crippen LogP contribution in [0.1, 0.15) is 30.4 Å². The van der Waals surface area contributed by atoms with Crippen LogP contribution in [0.2, 0.25) is 0 Å². The van der Waals surface area contributed by atoms with Crippen LogP contribution in [0, 0.1) is 17.2 Å². The molecule has 1 N–H and O–H groups in total. The monoisotopic (exact) mass is 394 g/mol. The van der Waals surface area contributed by atoms with E-state index < -0.39 is 54.1 Å². The zero-order valence-corrected chi connectivity index (χ0v) is 13.5. The van der Waals surface area contributed by atoms with E-state index in [4.69, 9.17) is 5.26 Å². The lowest BCUT2D eigenvalue weighted by Crippen LogP contribution is -2.52. The molecular formula is C17H13F7N2O. The van der Waals surface area contributed by atoms with Crippen LogP contribution in [0.5, 0.6) is 0 Å². The smallest absolute Gasteiger partial charge is 0.386 e. The second kappa shape index (κ2) is 6.41. The third kappa shape index (κ3) is 3.25. The van der Waals surface area contributed by atoms with E-state index in [0.29, 0.717) is 6.20 Å². The maximum Gasteiger partial charge on any atom is 0.414 e. The van der Waals surface area contributed by atoms with Gasteiger partial charge in [0.25, 0.3) is 12.3 Å². The summed E-state index contributed by atoms with van der Waals surface area (Å²) in [4.78, 5) is 0.985. The summed E-state index contributed by atoms with van der Waals surface area (Å²) in [5, 5.41) is 18.7. The largest absolute Gasteiger partial charge is 0.414 e. The van der Waals surface area contributed by atoms with Gasteiger partial charge >= 0.3 is 6.18 Å². The molecule has 0 aromatic heterocycles. The van der Waals surface area contributed by atoms with E-state index in [9.17, 15) is 35.8 Å². The first-order valence-electron chi connectivity index (χ1n) is 7.92. The first-order chi connectivity index (χ1) is 12.5. The summed E-state index contributed by atoms with van der Waals surface area (Å²) in [6.07, 6.45) is -11.2. The van der Waals surface area contributed by atoms with Gasteiger partial charge in [-0.15, -0.1) is 0 Å². The number of anilines is 1. The van der Waals surface area contributed by atoms with Gasteiger partial charge in [0.1, 0.15) is 6.10 Å². The molecule has 27 heavy (non-hydrogen) atoms. The number of alkyl halides is 7. The number of fused-ring (bicyclic) bond motifs is 1. The van der Waals surface area contributed by atoms with Crippen LogP contribution in [0.3, 0.4) is 0 Å². The molecule has 0 amide bonds. The molecule has 146 valence electrons. The van der Waals surface area contributed by atoms with Gasteiger partial charge in [0.15, 0.2) is 0 Å². The lowest BCUT2D eigenvalue weighted by Gasteiger charge is -2.41. The fourth-order valence-corrected chi connectivity index (χ4v) is 3.68. The number of hydrogen-bond donors (Lipinski definition) is 1. The predicted octanol–water partition coefficient (Wildman–Crippen LogP) is 4.54. The topological polar surface area (TPSA) is 47.3 Å².